The van der Waals surface area contributed by atoms with Crippen molar-refractivity contribution < 1.29 is 29.6 Å². The minimum absolute atomic E-state index is 0.413. The van der Waals surface area contributed by atoms with Crippen molar-refractivity contribution in [1.82, 2.24) is 5.32 Å². The molecule has 2 aliphatic heterocycles. The van der Waals surface area contributed by atoms with E-state index < -0.39 is 42.5 Å². The summed E-state index contributed by atoms with van der Waals surface area (Å²) >= 11 is 0. The van der Waals surface area contributed by atoms with Crippen LogP contribution >= 0.6 is 0 Å². The van der Waals surface area contributed by atoms with Crippen LogP contribution < -0.4 is 11.1 Å². The second kappa shape index (κ2) is 3.62. The summed E-state index contributed by atoms with van der Waals surface area (Å²) in [6, 6.07) is -0.950. The molecular weight excluding hydrogens is 220 g/mol. The van der Waals surface area contributed by atoms with Crippen molar-refractivity contribution in [2.24, 2.45) is 5.73 Å². The highest BCUT2D eigenvalue weighted by atomic mass is 16.9. The van der Waals surface area contributed by atoms with Gasteiger partial charge in [-0.05, 0) is 0 Å². The first-order valence-electron chi connectivity index (χ1n) is 4.81. The Kier molecular flexibility index (Phi) is 2.65. The zero-order valence-corrected chi connectivity index (χ0v) is 8.53. The summed E-state index contributed by atoms with van der Waals surface area (Å²) in [5.41, 5.74) is 5.56. The van der Waals surface area contributed by atoms with Gasteiger partial charge in [0.2, 0.25) is 12.2 Å². The zero-order valence-electron chi connectivity index (χ0n) is 8.53. The second-order valence-corrected chi connectivity index (χ2v) is 3.94. The molecule has 0 aromatic heterocycles. The summed E-state index contributed by atoms with van der Waals surface area (Å²) in [5.74, 6) is -2.07. The second-order valence-electron chi connectivity index (χ2n) is 3.94. The lowest BCUT2D eigenvalue weighted by molar-refractivity contribution is -0.234. The number of aliphatic hydroxyl groups excluding tert-OH is 3. The average Bonchev–Trinajstić information content (AvgIpc) is 2.82. The summed E-state index contributed by atoms with van der Waals surface area (Å²) in [5, 5.41) is 30.9. The molecule has 0 aromatic rings. The number of nitrogens with one attached hydrogen (secondary N) is 1. The van der Waals surface area contributed by atoms with Crippen LogP contribution in [0.15, 0.2) is 0 Å². The van der Waals surface area contributed by atoms with Crippen LogP contribution in [0.3, 0.4) is 0 Å². The van der Waals surface area contributed by atoms with Crippen LogP contribution in [0.25, 0.3) is 0 Å². The minimum atomic E-state index is -1.66. The van der Waals surface area contributed by atoms with Crippen LogP contribution in [-0.4, -0.2) is 57.8 Å². The molecule has 2 aliphatic rings. The van der Waals surface area contributed by atoms with Gasteiger partial charge in [-0.15, -0.1) is 0 Å². The number of hydrogen-bond acceptors (Lipinski definition) is 7. The molecule has 1 amide bonds. The Bertz CT molecular complexity index is 313. The molecule has 2 fully saturated rings. The van der Waals surface area contributed by atoms with E-state index in [1.165, 1.54) is 6.92 Å². The van der Waals surface area contributed by atoms with E-state index in [2.05, 4.69) is 10.1 Å². The maximum absolute atomic E-state index is 10.9. The highest BCUT2D eigenvalue weighted by molar-refractivity contribution is 5.73. The number of nitrogens with two attached hydrogens (primary N) is 1. The van der Waals surface area contributed by atoms with Crippen molar-refractivity contribution in [1.29, 1.82) is 0 Å². The molecule has 8 nitrogen and oxygen atoms in total. The van der Waals surface area contributed by atoms with Gasteiger partial charge in [-0.3, -0.25) is 4.79 Å². The topological polar surface area (TPSA) is 138 Å². The lowest BCUT2D eigenvalue weighted by Crippen LogP contribution is -2.67. The Morgan fingerprint density at radius 1 is 1.38 bits per heavy atom. The fourth-order valence-electron chi connectivity index (χ4n) is 1.83. The maximum atomic E-state index is 10.9. The third-order valence-electron chi connectivity index (χ3n) is 2.73. The lowest BCUT2D eigenvalue weighted by atomic mass is 9.96. The molecule has 0 aliphatic carbocycles. The zero-order chi connectivity index (χ0) is 12.1. The molecule has 0 radical (unpaired) electrons. The van der Waals surface area contributed by atoms with E-state index >= 15 is 0 Å². The Balaban J connectivity index is 2.12. The molecule has 0 unspecified atom stereocenters. The van der Waals surface area contributed by atoms with Crippen LogP contribution in [-0.2, 0) is 14.3 Å². The first kappa shape index (κ1) is 11.7. The summed E-state index contributed by atoms with van der Waals surface area (Å²) in [7, 11) is 0. The van der Waals surface area contributed by atoms with Gasteiger partial charge < -0.3 is 35.8 Å². The smallest absolute Gasteiger partial charge is 0.254 e. The molecule has 0 bridgehead atoms. The predicted molar refractivity (Wildman–Crippen MR) is 48.5 cm³/mol. The number of epoxide rings is 1. The molecule has 6 atom stereocenters. The van der Waals surface area contributed by atoms with Crippen LogP contribution in [0.5, 0.6) is 0 Å². The summed E-state index contributed by atoms with van der Waals surface area (Å²) < 4.78 is 9.76. The van der Waals surface area contributed by atoms with E-state index in [1.807, 2.05) is 0 Å². The van der Waals surface area contributed by atoms with Gasteiger partial charge in [0.25, 0.3) is 5.79 Å². The first-order valence-corrected chi connectivity index (χ1v) is 4.81. The van der Waals surface area contributed by atoms with E-state index in [9.17, 15) is 15.0 Å². The van der Waals surface area contributed by atoms with Gasteiger partial charge in [0, 0.05) is 6.92 Å². The van der Waals surface area contributed by atoms with Crippen LogP contribution in [0.1, 0.15) is 6.92 Å². The molecule has 2 heterocycles. The van der Waals surface area contributed by atoms with Gasteiger partial charge in [-0.25, -0.2) is 0 Å². The fourth-order valence-corrected chi connectivity index (χ4v) is 1.83. The van der Waals surface area contributed by atoms with Crippen LogP contribution in [0.4, 0.5) is 0 Å². The molecule has 0 saturated carbocycles. The van der Waals surface area contributed by atoms with Gasteiger partial charge in [0.05, 0.1) is 6.04 Å². The summed E-state index contributed by atoms with van der Waals surface area (Å²) in [4.78, 5) is 10.9. The molecule has 8 heteroatoms. The highest BCUT2D eigenvalue weighted by Gasteiger charge is 2.69. The van der Waals surface area contributed by atoms with Crippen molar-refractivity contribution in [3.8, 4) is 0 Å². The lowest BCUT2D eigenvalue weighted by Gasteiger charge is -2.39. The number of hydrogen-bond donors (Lipinski definition) is 5. The van der Waals surface area contributed by atoms with Gasteiger partial charge in [0.15, 0.2) is 0 Å². The molecular formula is C8H14N2O6. The fraction of sp³-hybridized carbons (Fsp3) is 0.875. The SMILES string of the molecule is CC(=O)N[C@@H]1[C@@H](O)[C@H](O)[C@@]2(O[C@H]1N)O[C@@H]2O. The molecule has 1 spiro atoms. The standard InChI is InChI=1S/C8H14N2O6/c1-2(11)10-3-4(12)5(13)8(7(14)16-8)15-6(3)9/h3-7,12-14H,9H2,1H3,(H,10,11)/t3-,4-,5+,6-,7+,8-/m1/s1. The van der Waals surface area contributed by atoms with Crippen molar-refractivity contribution in [2.45, 2.75) is 43.5 Å². The maximum Gasteiger partial charge on any atom is 0.254 e. The van der Waals surface area contributed by atoms with Crippen LogP contribution in [0, 0.1) is 0 Å². The number of aliphatic hydroxyl groups is 3. The highest BCUT2D eigenvalue weighted by Crippen LogP contribution is 2.44. The Morgan fingerprint density at radius 3 is 2.38 bits per heavy atom. The Hall–Kier alpha value is -0.770. The van der Waals surface area contributed by atoms with Gasteiger partial charge in [0.1, 0.15) is 18.4 Å². The van der Waals surface area contributed by atoms with Crippen molar-refractivity contribution >= 4 is 5.91 Å². The molecule has 0 aromatic carbocycles. The van der Waals surface area contributed by atoms with Crippen molar-refractivity contribution in [2.75, 3.05) is 0 Å². The average molecular weight is 234 g/mol. The van der Waals surface area contributed by atoms with E-state index in [4.69, 9.17) is 15.6 Å². The van der Waals surface area contributed by atoms with Gasteiger partial charge in [-0.2, -0.15) is 0 Å². The normalized spacial score (nSPS) is 51.4. The number of amides is 1. The quantitative estimate of drug-likeness (QED) is 0.298. The van der Waals surface area contributed by atoms with E-state index in [0.717, 1.165) is 0 Å². The van der Waals surface area contributed by atoms with Gasteiger partial charge in [-0.1, -0.05) is 0 Å². The predicted octanol–water partition coefficient (Wildman–Crippen LogP) is -3.43. The Labute approximate surface area is 90.9 Å². The number of rotatable bonds is 1. The third kappa shape index (κ3) is 1.59. The van der Waals surface area contributed by atoms with Crippen LogP contribution in [0.2, 0.25) is 0 Å². The number of ether oxygens (including phenoxy) is 2. The van der Waals surface area contributed by atoms with E-state index in [-0.39, 0.29) is 0 Å². The number of carbonyl (C=O) groups excluding carboxylic acids is 1. The van der Waals surface area contributed by atoms with Gasteiger partial charge >= 0.3 is 0 Å². The molecule has 92 valence electrons. The van der Waals surface area contributed by atoms with E-state index in [1.54, 1.807) is 0 Å². The summed E-state index contributed by atoms with van der Waals surface area (Å²) in [6.07, 6.45) is -5.23. The summed E-state index contributed by atoms with van der Waals surface area (Å²) in [6.45, 7) is 1.25. The van der Waals surface area contributed by atoms with E-state index in [0.29, 0.717) is 0 Å². The molecule has 2 rings (SSSR count). The first-order chi connectivity index (χ1) is 7.38. The number of carbonyl (C=O) groups is 1. The van der Waals surface area contributed by atoms with Crippen molar-refractivity contribution in [3.05, 3.63) is 0 Å². The minimum Gasteiger partial charge on any atom is -0.388 e. The third-order valence-corrected chi connectivity index (χ3v) is 2.73. The Morgan fingerprint density at radius 2 is 1.94 bits per heavy atom. The van der Waals surface area contributed by atoms with Crippen molar-refractivity contribution in [3.63, 3.8) is 0 Å². The molecule has 2 saturated heterocycles. The monoisotopic (exact) mass is 234 g/mol. The molecule has 6 N–H and O–H groups in total. The molecule has 16 heavy (non-hydrogen) atoms. The largest absolute Gasteiger partial charge is 0.388 e.